The molecule has 1 unspecified atom stereocenters. The molecule has 0 aromatic heterocycles. The van der Waals surface area contributed by atoms with Gasteiger partial charge in [-0.3, -0.25) is 0 Å². The number of hydrogen-bond acceptors (Lipinski definition) is 1. The van der Waals surface area contributed by atoms with E-state index in [1.165, 1.54) is 0 Å². The van der Waals surface area contributed by atoms with E-state index in [2.05, 4.69) is 0 Å². The van der Waals surface area contributed by atoms with Crippen molar-refractivity contribution in [3.63, 3.8) is 0 Å². The van der Waals surface area contributed by atoms with Gasteiger partial charge >= 0.3 is 51.4 Å². The summed E-state index contributed by atoms with van der Waals surface area (Å²) in [5, 5.41) is 0. The molecular weight excluding hydrogens is 187 g/mol. The van der Waals surface area contributed by atoms with Gasteiger partial charge in [-0.1, -0.05) is 18.2 Å². The maximum absolute atomic E-state index is 10.5. The Hall–Kier alpha value is 0.966. The summed E-state index contributed by atoms with van der Waals surface area (Å²) in [5.74, 6) is 0. The molecule has 1 aromatic carbocycles. The van der Waals surface area contributed by atoms with Gasteiger partial charge in [0.05, 0.1) is 4.90 Å². The van der Waals surface area contributed by atoms with Crippen molar-refractivity contribution in [2.45, 2.75) is 11.8 Å². The Morgan fingerprint density at radius 1 is 1.45 bits per heavy atom. The predicted octanol–water partition coefficient (Wildman–Crippen LogP) is -1.31. The van der Waals surface area contributed by atoms with E-state index < -0.39 is 11.1 Å². The second-order valence-electron chi connectivity index (χ2n) is 2.01. The van der Waals surface area contributed by atoms with Crippen molar-refractivity contribution >= 4 is 11.1 Å². The van der Waals surface area contributed by atoms with E-state index >= 15 is 0 Å². The molecule has 1 N–H and O–H groups in total. The molecule has 0 aliphatic heterocycles. The standard InChI is InChI=1S/C7H8O2S.K.H/c1-6-4-2-3-5-7(6)10(8)9;;/h2-5H,1H3,(H,8,9);;/q;+1;-1. The minimum atomic E-state index is -1.84. The van der Waals surface area contributed by atoms with Gasteiger partial charge in [-0.05, 0) is 18.6 Å². The van der Waals surface area contributed by atoms with Gasteiger partial charge in [-0.25, -0.2) is 4.21 Å². The molecule has 0 bridgehead atoms. The zero-order chi connectivity index (χ0) is 7.56. The Bertz CT molecular complexity index is 267. The Balaban J connectivity index is 0. The molecule has 0 spiro atoms. The van der Waals surface area contributed by atoms with E-state index in [0.29, 0.717) is 4.90 Å². The van der Waals surface area contributed by atoms with Crippen LogP contribution in [0, 0.1) is 6.92 Å². The first-order valence-corrected chi connectivity index (χ1v) is 3.99. The second kappa shape index (κ2) is 5.58. The van der Waals surface area contributed by atoms with Crippen LogP contribution in [0.15, 0.2) is 29.2 Å². The number of hydrogen-bond donors (Lipinski definition) is 1. The SMILES string of the molecule is Cc1ccccc1S(=O)O.[H-].[K+]. The van der Waals surface area contributed by atoms with E-state index in [0.717, 1.165) is 5.56 Å². The van der Waals surface area contributed by atoms with E-state index in [9.17, 15) is 4.21 Å². The zero-order valence-electron chi connectivity index (χ0n) is 7.57. The van der Waals surface area contributed by atoms with Crippen LogP contribution < -0.4 is 51.4 Å². The molecule has 0 heterocycles. The smallest absolute Gasteiger partial charge is 1.00 e. The maximum Gasteiger partial charge on any atom is 1.00 e. The molecular formula is C7H9KO2S. The van der Waals surface area contributed by atoms with Crippen LogP contribution in [0.25, 0.3) is 0 Å². The van der Waals surface area contributed by atoms with Crippen LogP contribution in [0.1, 0.15) is 6.99 Å². The molecule has 0 aliphatic carbocycles. The van der Waals surface area contributed by atoms with Crippen molar-refractivity contribution in [1.82, 2.24) is 0 Å². The minimum absolute atomic E-state index is 0. The summed E-state index contributed by atoms with van der Waals surface area (Å²) in [7, 11) is 0. The summed E-state index contributed by atoms with van der Waals surface area (Å²) in [6.45, 7) is 1.81. The van der Waals surface area contributed by atoms with Gasteiger partial charge in [-0.15, -0.1) is 0 Å². The average molecular weight is 196 g/mol. The molecule has 1 aromatic rings. The van der Waals surface area contributed by atoms with Crippen molar-refractivity contribution < 1.29 is 61.6 Å². The largest absolute Gasteiger partial charge is 1.00 e. The van der Waals surface area contributed by atoms with Crippen LogP contribution in [0.3, 0.4) is 0 Å². The molecule has 0 saturated carbocycles. The number of benzene rings is 1. The summed E-state index contributed by atoms with van der Waals surface area (Å²) >= 11 is -1.84. The zero-order valence-corrected chi connectivity index (χ0v) is 10.5. The average Bonchev–Trinajstić information content (AvgIpc) is 1.88. The van der Waals surface area contributed by atoms with Crippen molar-refractivity contribution in [3.8, 4) is 0 Å². The van der Waals surface area contributed by atoms with Gasteiger partial charge in [-0.2, -0.15) is 0 Å². The third kappa shape index (κ3) is 3.46. The Morgan fingerprint density at radius 3 is 2.36 bits per heavy atom. The molecule has 0 saturated heterocycles. The van der Waals surface area contributed by atoms with Gasteiger partial charge in [0, 0.05) is 0 Å². The van der Waals surface area contributed by atoms with Crippen LogP contribution in [0.4, 0.5) is 0 Å². The first-order valence-electron chi connectivity index (χ1n) is 2.88. The molecule has 11 heavy (non-hydrogen) atoms. The minimum Gasteiger partial charge on any atom is -1.00 e. The van der Waals surface area contributed by atoms with Gasteiger partial charge in [0.1, 0.15) is 0 Å². The van der Waals surface area contributed by atoms with Gasteiger partial charge in [0.25, 0.3) is 0 Å². The van der Waals surface area contributed by atoms with Crippen molar-refractivity contribution in [3.05, 3.63) is 29.8 Å². The normalized spacial score (nSPS) is 11.8. The van der Waals surface area contributed by atoms with E-state index in [-0.39, 0.29) is 52.8 Å². The molecule has 0 fully saturated rings. The van der Waals surface area contributed by atoms with Gasteiger partial charge in [0.15, 0.2) is 11.1 Å². The predicted molar refractivity (Wildman–Crippen MR) is 41.3 cm³/mol. The Kier molecular flexibility index (Phi) is 6.07. The van der Waals surface area contributed by atoms with Crippen LogP contribution in [-0.4, -0.2) is 8.76 Å². The van der Waals surface area contributed by atoms with Crippen molar-refractivity contribution in [1.29, 1.82) is 0 Å². The second-order valence-corrected chi connectivity index (χ2v) is 2.95. The fourth-order valence-corrected chi connectivity index (χ4v) is 1.29. The first kappa shape index (κ1) is 12.0. The quantitative estimate of drug-likeness (QED) is 0.447. The molecule has 1 rings (SSSR count). The van der Waals surface area contributed by atoms with Crippen LogP contribution in [-0.2, 0) is 11.1 Å². The van der Waals surface area contributed by atoms with Gasteiger partial charge in [0.2, 0.25) is 0 Å². The summed E-state index contributed by atoms with van der Waals surface area (Å²) < 4.78 is 19.2. The third-order valence-electron chi connectivity index (χ3n) is 1.28. The number of rotatable bonds is 1. The topological polar surface area (TPSA) is 37.3 Å². The van der Waals surface area contributed by atoms with Gasteiger partial charge < -0.3 is 5.98 Å². The number of aryl methyl sites for hydroxylation is 1. The van der Waals surface area contributed by atoms with Crippen molar-refractivity contribution in [2.75, 3.05) is 0 Å². The Labute approximate surface area is 113 Å². The molecule has 56 valence electrons. The van der Waals surface area contributed by atoms with Crippen LogP contribution >= 0.6 is 0 Å². The van der Waals surface area contributed by atoms with E-state index in [4.69, 9.17) is 4.55 Å². The summed E-state index contributed by atoms with van der Waals surface area (Å²) in [6.07, 6.45) is 0. The van der Waals surface area contributed by atoms with E-state index in [1.54, 1.807) is 12.1 Å². The fraction of sp³-hybridized carbons (Fsp3) is 0.143. The van der Waals surface area contributed by atoms with E-state index in [1.807, 2.05) is 19.1 Å². The van der Waals surface area contributed by atoms with Crippen LogP contribution in [0.5, 0.6) is 0 Å². The Morgan fingerprint density at radius 2 is 2.00 bits per heavy atom. The molecule has 4 heteroatoms. The molecule has 0 aliphatic rings. The summed E-state index contributed by atoms with van der Waals surface area (Å²) in [5.41, 5.74) is 0.850. The monoisotopic (exact) mass is 196 g/mol. The third-order valence-corrected chi connectivity index (χ3v) is 2.12. The molecule has 1 atom stereocenters. The van der Waals surface area contributed by atoms with Crippen molar-refractivity contribution in [2.24, 2.45) is 0 Å². The molecule has 0 amide bonds. The maximum atomic E-state index is 10.5. The first-order chi connectivity index (χ1) is 4.72. The summed E-state index contributed by atoms with van der Waals surface area (Å²) in [6, 6.07) is 7.04. The fourth-order valence-electron chi connectivity index (χ4n) is 0.752. The molecule has 0 radical (unpaired) electrons. The van der Waals surface area contributed by atoms with Crippen LogP contribution in [0.2, 0.25) is 0 Å². The summed E-state index contributed by atoms with van der Waals surface area (Å²) in [4.78, 5) is 0.488. The molecule has 2 nitrogen and oxygen atoms in total.